The molecule has 0 aliphatic heterocycles. The van der Waals surface area contributed by atoms with Gasteiger partial charge in [-0.05, 0) is 57.2 Å². The smallest absolute Gasteiger partial charge is 0.348 e. The summed E-state index contributed by atoms with van der Waals surface area (Å²) in [6.45, 7) is 3.53. The fraction of sp³-hybridized carbons (Fsp3) is 0.450. The zero-order chi connectivity index (χ0) is 20.1. The Morgan fingerprint density at radius 1 is 1.21 bits per heavy atom. The Morgan fingerprint density at radius 2 is 1.96 bits per heavy atom. The Bertz CT molecular complexity index is 848. The third kappa shape index (κ3) is 4.44. The largest absolute Gasteiger partial charge is 0.462 e. The molecule has 1 aliphatic rings. The van der Waals surface area contributed by atoms with Gasteiger partial charge in [-0.2, -0.15) is 0 Å². The average Bonchev–Trinajstić information content (AvgIpc) is 3.31. The van der Waals surface area contributed by atoms with E-state index in [1.807, 2.05) is 0 Å². The highest BCUT2D eigenvalue weighted by molar-refractivity contribution is 7.18. The van der Waals surface area contributed by atoms with Gasteiger partial charge in [-0.15, -0.1) is 11.3 Å². The van der Waals surface area contributed by atoms with E-state index in [-0.39, 0.29) is 29.0 Å². The number of esters is 2. The van der Waals surface area contributed by atoms with Crippen LogP contribution in [-0.2, 0) is 9.47 Å². The van der Waals surface area contributed by atoms with Crippen LogP contribution in [-0.4, -0.2) is 30.6 Å². The molecule has 1 saturated carbocycles. The van der Waals surface area contributed by atoms with Gasteiger partial charge in [-0.25, -0.2) is 9.59 Å². The molecule has 150 valence electrons. The summed E-state index contributed by atoms with van der Waals surface area (Å²) in [5.41, 5.74) is 0.612. The summed E-state index contributed by atoms with van der Waals surface area (Å²) in [5.74, 6) is -1.47. The summed E-state index contributed by atoms with van der Waals surface area (Å²) in [6, 6.07) is 3.10. The highest BCUT2D eigenvalue weighted by Crippen LogP contribution is 2.35. The fourth-order valence-corrected chi connectivity index (χ4v) is 4.28. The third-order valence-electron chi connectivity index (χ3n) is 4.61. The van der Waals surface area contributed by atoms with Gasteiger partial charge in [-0.3, -0.25) is 4.79 Å². The number of ether oxygens (including phenoxy) is 2. The molecule has 0 unspecified atom stereocenters. The number of carbonyl (C=O) groups is 3. The topological polar surface area (TPSA) is 94.8 Å². The average molecular weight is 405 g/mol. The number of hydrogen-bond acceptors (Lipinski definition) is 7. The van der Waals surface area contributed by atoms with Crippen LogP contribution in [0.2, 0.25) is 0 Å². The van der Waals surface area contributed by atoms with Crippen molar-refractivity contribution in [2.24, 2.45) is 0 Å². The predicted octanol–water partition coefficient (Wildman–Crippen LogP) is 4.57. The predicted molar refractivity (Wildman–Crippen MR) is 104 cm³/mol. The molecule has 2 aromatic rings. The van der Waals surface area contributed by atoms with Crippen molar-refractivity contribution >= 4 is 34.2 Å². The van der Waals surface area contributed by atoms with Crippen molar-refractivity contribution in [2.45, 2.75) is 52.1 Å². The van der Waals surface area contributed by atoms with Crippen LogP contribution in [0.15, 0.2) is 22.8 Å². The van der Waals surface area contributed by atoms with Gasteiger partial charge in [0.1, 0.15) is 16.0 Å². The molecule has 0 spiro atoms. The molecule has 0 atom stereocenters. The number of anilines is 1. The van der Waals surface area contributed by atoms with Gasteiger partial charge in [0.25, 0.3) is 5.91 Å². The van der Waals surface area contributed by atoms with Crippen LogP contribution in [0, 0.1) is 6.92 Å². The summed E-state index contributed by atoms with van der Waals surface area (Å²) >= 11 is 1.01. The van der Waals surface area contributed by atoms with Gasteiger partial charge in [0.2, 0.25) is 0 Å². The lowest BCUT2D eigenvalue weighted by Crippen LogP contribution is -2.21. The van der Waals surface area contributed by atoms with Gasteiger partial charge < -0.3 is 19.2 Å². The monoisotopic (exact) mass is 405 g/mol. The van der Waals surface area contributed by atoms with E-state index < -0.39 is 17.8 Å². The Labute approximate surface area is 167 Å². The SMILES string of the molecule is CCOC(=O)c1c(NC(=O)c2ccco2)sc(C(=O)OC2CCCCC2)c1C. The van der Waals surface area contributed by atoms with E-state index in [2.05, 4.69) is 5.32 Å². The van der Waals surface area contributed by atoms with Gasteiger partial charge >= 0.3 is 11.9 Å². The van der Waals surface area contributed by atoms with E-state index >= 15 is 0 Å². The van der Waals surface area contributed by atoms with Crippen LogP contribution in [0.25, 0.3) is 0 Å². The van der Waals surface area contributed by atoms with E-state index in [1.165, 1.54) is 12.3 Å². The standard InChI is InChI=1S/C20H23NO6S/c1-3-25-19(23)15-12(2)16(20(24)27-13-8-5-4-6-9-13)28-18(15)21-17(22)14-10-7-11-26-14/h7,10-11,13H,3-6,8-9H2,1-2H3,(H,21,22). The zero-order valence-electron chi connectivity index (χ0n) is 15.9. The first kappa shape index (κ1) is 20.1. The van der Waals surface area contributed by atoms with Crippen molar-refractivity contribution in [3.8, 4) is 0 Å². The molecule has 1 N–H and O–H groups in total. The Hall–Kier alpha value is -2.61. The quantitative estimate of drug-likeness (QED) is 0.708. The summed E-state index contributed by atoms with van der Waals surface area (Å²) in [7, 11) is 0. The number of amides is 1. The number of nitrogens with one attached hydrogen (secondary N) is 1. The molecule has 28 heavy (non-hydrogen) atoms. The maximum atomic E-state index is 12.7. The second-order valence-electron chi connectivity index (χ2n) is 6.58. The number of thiophene rings is 1. The van der Waals surface area contributed by atoms with Gasteiger partial charge in [0.05, 0.1) is 18.4 Å². The van der Waals surface area contributed by atoms with Crippen LogP contribution in [0.4, 0.5) is 5.00 Å². The Morgan fingerprint density at radius 3 is 2.61 bits per heavy atom. The summed E-state index contributed by atoms with van der Waals surface area (Å²) in [6.07, 6.45) is 6.22. The zero-order valence-corrected chi connectivity index (χ0v) is 16.7. The molecule has 2 aromatic heterocycles. The molecular weight excluding hydrogens is 382 g/mol. The molecule has 2 heterocycles. The minimum Gasteiger partial charge on any atom is -0.462 e. The molecule has 8 heteroatoms. The van der Waals surface area contributed by atoms with Gasteiger partial charge in [-0.1, -0.05) is 6.42 Å². The summed E-state index contributed by atoms with van der Waals surface area (Å²) in [4.78, 5) is 37.8. The normalized spacial score (nSPS) is 14.5. The van der Waals surface area contributed by atoms with Crippen molar-refractivity contribution in [3.05, 3.63) is 40.2 Å². The summed E-state index contributed by atoms with van der Waals surface area (Å²) in [5, 5.41) is 2.89. The lowest BCUT2D eigenvalue weighted by atomic mass is 9.98. The Kier molecular flexibility index (Phi) is 6.51. The molecule has 0 aromatic carbocycles. The van der Waals surface area contributed by atoms with Crippen molar-refractivity contribution in [1.82, 2.24) is 0 Å². The highest BCUT2D eigenvalue weighted by atomic mass is 32.1. The number of carbonyl (C=O) groups excluding carboxylic acids is 3. The number of furan rings is 1. The first-order chi connectivity index (χ1) is 13.5. The van der Waals surface area contributed by atoms with Crippen molar-refractivity contribution < 1.29 is 28.3 Å². The lowest BCUT2D eigenvalue weighted by Gasteiger charge is -2.21. The van der Waals surface area contributed by atoms with Crippen LogP contribution in [0.5, 0.6) is 0 Å². The Balaban J connectivity index is 1.86. The summed E-state index contributed by atoms with van der Waals surface area (Å²) < 4.78 is 15.8. The molecule has 1 fully saturated rings. The van der Waals surface area contributed by atoms with Crippen LogP contribution >= 0.6 is 11.3 Å². The molecule has 0 bridgehead atoms. The van der Waals surface area contributed by atoms with Crippen LogP contribution in [0.3, 0.4) is 0 Å². The van der Waals surface area contributed by atoms with Crippen molar-refractivity contribution in [2.75, 3.05) is 11.9 Å². The maximum absolute atomic E-state index is 12.7. The van der Waals surface area contributed by atoms with Crippen molar-refractivity contribution in [1.29, 1.82) is 0 Å². The second-order valence-corrected chi connectivity index (χ2v) is 7.60. The second kappa shape index (κ2) is 9.05. The molecule has 7 nitrogen and oxygen atoms in total. The first-order valence-corrected chi connectivity index (χ1v) is 10.2. The van der Waals surface area contributed by atoms with Crippen LogP contribution < -0.4 is 5.32 Å². The first-order valence-electron chi connectivity index (χ1n) is 9.37. The van der Waals surface area contributed by atoms with Gasteiger partial charge in [0, 0.05) is 0 Å². The lowest BCUT2D eigenvalue weighted by molar-refractivity contribution is 0.0216. The van der Waals surface area contributed by atoms with E-state index in [0.29, 0.717) is 10.4 Å². The fourth-order valence-electron chi connectivity index (χ4n) is 3.21. The third-order valence-corrected chi connectivity index (χ3v) is 5.80. The molecule has 0 radical (unpaired) electrons. The molecule has 3 rings (SSSR count). The molecule has 0 saturated heterocycles. The van der Waals surface area contributed by atoms with E-state index in [4.69, 9.17) is 13.9 Å². The maximum Gasteiger partial charge on any atom is 0.348 e. The van der Waals surface area contributed by atoms with Crippen molar-refractivity contribution in [3.63, 3.8) is 0 Å². The number of hydrogen-bond donors (Lipinski definition) is 1. The molecule has 1 aliphatic carbocycles. The molecule has 1 amide bonds. The minimum atomic E-state index is -0.595. The number of rotatable bonds is 6. The van der Waals surface area contributed by atoms with E-state index in [1.54, 1.807) is 19.9 Å². The minimum absolute atomic E-state index is 0.102. The van der Waals surface area contributed by atoms with Gasteiger partial charge in [0.15, 0.2) is 5.76 Å². The molecular formula is C20H23NO6S. The van der Waals surface area contributed by atoms with E-state index in [9.17, 15) is 14.4 Å². The highest BCUT2D eigenvalue weighted by Gasteiger charge is 2.29. The van der Waals surface area contributed by atoms with Crippen LogP contribution in [0.1, 0.15) is 75.2 Å². The van der Waals surface area contributed by atoms with E-state index in [0.717, 1.165) is 43.4 Å².